The van der Waals surface area contributed by atoms with Crippen molar-refractivity contribution in [3.8, 4) is 11.5 Å². The fraction of sp³-hybridized carbons (Fsp3) is 0.500. The minimum atomic E-state index is 0.0550. The number of nitrogens with zero attached hydrogens (tertiary/aromatic N) is 1. The monoisotopic (exact) mass is 281 g/mol. The van der Waals surface area contributed by atoms with Crippen LogP contribution in [-0.4, -0.2) is 49.1 Å². The third-order valence-electron chi connectivity index (χ3n) is 3.23. The summed E-state index contributed by atoms with van der Waals surface area (Å²) in [6, 6.07) is 7.29. The van der Waals surface area contributed by atoms with Crippen molar-refractivity contribution in [2.75, 3.05) is 33.1 Å². The van der Waals surface area contributed by atoms with Crippen LogP contribution in [0, 0.1) is 0 Å². The van der Waals surface area contributed by atoms with Crippen LogP contribution in [0.4, 0.5) is 0 Å². The second kappa shape index (κ2) is 6.70. The molecule has 0 bridgehead atoms. The molecule has 0 aromatic heterocycles. The summed E-state index contributed by atoms with van der Waals surface area (Å²) in [6.07, 6.45) is 3.16. The number of rotatable bonds is 5. The number of ether oxygens (including phenoxy) is 2. The molecule has 0 radical (unpaired) electrons. The van der Waals surface area contributed by atoms with E-state index in [9.17, 15) is 4.79 Å². The predicted octanol–water partition coefficient (Wildman–Crippen LogP) is 2.04. The second-order valence-electron chi connectivity index (χ2n) is 4.45. The maximum atomic E-state index is 12.0. The Hall–Kier alpha value is -1.36. The molecule has 104 valence electrons. The molecule has 1 atom stereocenters. The van der Waals surface area contributed by atoms with E-state index >= 15 is 0 Å². The molecular weight excluding hydrogens is 262 g/mol. The summed E-state index contributed by atoms with van der Waals surface area (Å²) in [7, 11) is 1.61. The lowest BCUT2D eigenvalue weighted by Crippen LogP contribution is -2.33. The third-order valence-corrected chi connectivity index (χ3v) is 4.29. The highest BCUT2D eigenvalue weighted by Gasteiger charge is 2.25. The molecule has 19 heavy (non-hydrogen) atoms. The summed E-state index contributed by atoms with van der Waals surface area (Å²) in [5, 5.41) is 0.570. The van der Waals surface area contributed by atoms with E-state index in [1.54, 1.807) is 13.2 Å². The van der Waals surface area contributed by atoms with Crippen molar-refractivity contribution in [1.82, 2.24) is 4.90 Å². The highest BCUT2D eigenvalue weighted by atomic mass is 32.2. The third kappa shape index (κ3) is 3.80. The minimum Gasteiger partial charge on any atom is -0.497 e. The summed E-state index contributed by atoms with van der Waals surface area (Å²) in [5.41, 5.74) is 0. The summed E-state index contributed by atoms with van der Waals surface area (Å²) in [4.78, 5) is 13.9. The van der Waals surface area contributed by atoms with Gasteiger partial charge in [-0.05, 0) is 24.8 Å². The molecule has 1 amide bonds. The number of hydrogen-bond acceptors (Lipinski definition) is 4. The normalized spacial score (nSPS) is 18.4. The predicted molar refractivity (Wildman–Crippen MR) is 77.0 cm³/mol. The molecule has 1 aliphatic heterocycles. The van der Waals surface area contributed by atoms with E-state index in [-0.39, 0.29) is 12.5 Å². The standard InChI is InChI=1S/C14H19NO3S/c1-17-11-4-3-5-12(8-11)18-10-14(16)15-7-6-13(9-15)19-2/h3-5,8,13H,6-7,9-10H2,1-2H3/t13-/m1/s1. The van der Waals surface area contributed by atoms with Gasteiger partial charge in [0.05, 0.1) is 7.11 Å². The number of amides is 1. The fourth-order valence-electron chi connectivity index (χ4n) is 2.07. The summed E-state index contributed by atoms with van der Waals surface area (Å²) in [5.74, 6) is 1.45. The first-order chi connectivity index (χ1) is 9.22. The molecule has 1 saturated heterocycles. The zero-order valence-corrected chi connectivity index (χ0v) is 12.1. The number of carbonyl (C=O) groups excluding carboxylic acids is 1. The number of thioether (sulfide) groups is 1. The molecule has 0 N–H and O–H groups in total. The maximum Gasteiger partial charge on any atom is 0.260 e. The van der Waals surface area contributed by atoms with Crippen LogP contribution in [0.3, 0.4) is 0 Å². The van der Waals surface area contributed by atoms with E-state index in [2.05, 4.69) is 6.26 Å². The van der Waals surface area contributed by atoms with E-state index in [0.29, 0.717) is 11.0 Å². The Labute approximate surface area is 118 Å². The molecule has 0 spiro atoms. The second-order valence-corrected chi connectivity index (χ2v) is 5.59. The molecule has 0 saturated carbocycles. The number of benzene rings is 1. The van der Waals surface area contributed by atoms with Gasteiger partial charge in [-0.2, -0.15) is 11.8 Å². The van der Waals surface area contributed by atoms with E-state index < -0.39 is 0 Å². The number of likely N-dealkylation sites (tertiary alicyclic amines) is 1. The Morgan fingerprint density at radius 2 is 2.26 bits per heavy atom. The first-order valence-corrected chi connectivity index (χ1v) is 7.59. The maximum absolute atomic E-state index is 12.0. The average molecular weight is 281 g/mol. The minimum absolute atomic E-state index is 0.0550. The van der Waals surface area contributed by atoms with Crippen molar-refractivity contribution in [2.24, 2.45) is 0 Å². The molecule has 4 nitrogen and oxygen atoms in total. The van der Waals surface area contributed by atoms with Crippen molar-refractivity contribution in [1.29, 1.82) is 0 Å². The Bertz CT molecular complexity index is 438. The van der Waals surface area contributed by atoms with Crippen molar-refractivity contribution >= 4 is 17.7 Å². The van der Waals surface area contributed by atoms with Gasteiger partial charge in [0, 0.05) is 24.4 Å². The molecule has 0 unspecified atom stereocenters. The summed E-state index contributed by atoms with van der Waals surface area (Å²) >= 11 is 1.82. The van der Waals surface area contributed by atoms with Gasteiger partial charge in [0.1, 0.15) is 11.5 Å². The van der Waals surface area contributed by atoms with E-state index in [1.807, 2.05) is 34.9 Å². The first-order valence-electron chi connectivity index (χ1n) is 6.30. The lowest BCUT2D eigenvalue weighted by molar-refractivity contribution is -0.132. The van der Waals surface area contributed by atoms with Gasteiger partial charge in [-0.15, -0.1) is 0 Å². The summed E-state index contributed by atoms with van der Waals surface area (Å²) < 4.78 is 10.6. The van der Waals surface area contributed by atoms with Crippen LogP contribution < -0.4 is 9.47 Å². The van der Waals surface area contributed by atoms with Gasteiger partial charge in [-0.25, -0.2) is 0 Å². The molecule has 2 rings (SSSR count). The largest absolute Gasteiger partial charge is 0.497 e. The molecule has 1 aromatic carbocycles. The van der Waals surface area contributed by atoms with Gasteiger partial charge < -0.3 is 14.4 Å². The van der Waals surface area contributed by atoms with Gasteiger partial charge in [0.25, 0.3) is 5.91 Å². The van der Waals surface area contributed by atoms with Crippen LogP contribution >= 0.6 is 11.8 Å². The summed E-state index contributed by atoms with van der Waals surface area (Å²) in [6.45, 7) is 1.77. The zero-order valence-electron chi connectivity index (χ0n) is 11.3. The number of hydrogen-bond donors (Lipinski definition) is 0. The van der Waals surface area contributed by atoms with Crippen LogP contribution in [0.25, 0.3) is 0 Å². The Morgan fingerprint density at radius 1 is 1.47 bits per heavy atom. The lowest BCUT2D eigenvalue weighted by Gasteiger charge is -2.16. The van der Waals surface area contributed by atoms with Crippen LogP contribution in [0.5, 0.6) is 11.5 Å². The first kappa shape index (κ1) is 14.1. The fourth-order valence-corrected chi connectivity index (χ4v) is 2.74. The quantitative estimate of drug-likeness (QED) is 0.828. The molecule has 1 heterocycles. The SMILES string of the molecule is COc1cccc(OCC(=O)N2CC[C@@H](SC)C2)c1. The van der Waals surface area contributed by atoms with Crippen molar-refractivity contribution in [3.05, 3.63) is 24.3 Å². The molecule has 1 aromatic rings. The smallest absolute Gasteiger partial charge is 0.260 e. The van der Waals surface area contributed by atoms with Crippen LogP contribution in [0.1, 0.15) is 6.42 Å². The van der Waals surface area contributed by atoms with Gasteiger partial charge in [0.2, 0.25) is 0 Å². The van der Waals surface area contributed by atoms with Crippen molar-refractivity contribution in [3.63, 3.8) is 0 Å². The molecule has 0 aliphatic carbocycles. The van der Waals surface area contributed by atoms with Crippen molar-refractivity contribution in [2.45, 2.75) is 11.7 Å². The van der Waals surface area contributed by atoms with Gasteiger partial charge >= 0.3 is 0 Å². The lowest BCUT2D eigenvalue weighted by atomic mass is 10.3. The highest BCUT2D eigenvalue weighted by molar-refractivity contribution is 7.99. The van der Waals surface area contributed by atoms with E-state index in [1.165, 1.54) is 0 Å². The topological polar surface area (TPSA) is 38.8 Å². The van der Waals surface area contributed by atoms with Crippen LogP contribution in [0.15, 0.2) is 24.3 Å². The molecule has 1 aliphatic rings. The Morgan fingerprint density at radius 3 is 2.95 bits per heavy atom. The Balaban J connectivity index is 1.83. The molecular formula is C14H19NO3S. The molecule has 1 fully saturated rings. The zero-order chi connectivity index (χ0) is 13.7. The van der Waals surface area contributed by atoms with E-state index in [4.69, 9.17) is 9.47 Å². The van der Waals surface area contributed by atoms with Crippen LogP contribution in [-0.2, 0) is 4.79 Å². The highest BCUT2D eigenvalue weighted by Crippen LogP contribution is 2.21. The molecule has 5 heteroatoms. The average Bonchev–Trinajstić information content (AvgIpc) is 2.94. The van der Waals surface area contributed by atoms with Gasteiger partial charge in [-0.3, -0.25) is 4.79 Å². The number of methoxy groups -OCH3 is 1. The van der Waals surface area contributed by atoms with Gasteiger partial charge in [0.15, 0.2) is 6.61 Å². The van der Waals surface area contributed by atoms with Crippen molar-refractivity contribution < 1.29 is 14.3 Å². The number of carbonyl (C=O) groups is 1. The van der Waals surface area contributed by atoms with Gasteiger partial charge in [-0.1, -0.05) is 6.07 Å². The van der Waals surface area contributed by atoms with E-state index in [0.717, 1.165) is 25.3 Å². The van der Waals surface area contributed by atoms with Crippen LogP contribution in [0.2, 0.25) is 0 Å². The Kier molecular flexibility index (Phi) is 4.96.